The molecular formula is C14H15NO6. The second-order valence-corrected chi connectivity index (χ2v) is 4.13. The lowest BCUT2D eigenvalue weighted by Gasteiger charge is -2.08. The van der Waals surface area contributed by atoms with Crippen molar-refractivity contribution in [1.82, 2.24) is 0 Å². The highest BCUT2D eigenvalue weighted by atomic mass is 16.6. The highest BCUT2D eigenvalue weighted by Gasteiger charge is 2.26. The van der Waals surface area contributed by atoms with Gasteiger partial charge in [-0.25, -0.2) is 0 Å². The zero-order valence-corrected chi connectivity index (χ0v) is 11.4. The van der Waals surface area contributed by atoms with Gasteiger partial charge in [0, 0.05) is 12.1 Å². The molecule has 0 aliphatic carbocycles. The summed E-state index contributed by atoms with van der Waals surface area (Å²) >= 11 is 0. The van der Waals surface area contributed by atoms with E-state index < -0.39 is 22.8 Å². The normalized spacial score (nSPS) is 12.0. The van der Waals surface area contributed by atoms with Gasteiger partial charge in [-0.05, 0) is 31.0 Å². The van der Waals surface area contributed by atoms with Gasteiger partial charge >= 0.3 is 11.9 Å². The largest absolute Gasteiger partial charge is 0.481 e. The molecular weight excluding hydrogens is 278 g/mol. The summed E-state index contributed by atoms with van der Waals surface area (Å²) in [5.74, 6) is -3.28. The molecule has 0 aromatic heterocycles. The fourth-order valence-electron chi connectivity index (χ4n) is 1.59. The van der Waals surface area contributed by atoms with Gasteiger partial charge < -0.3 is 9.84 Å². The number of carbonyl (C=O) groups excluding carboxylic acids is 1. The van der Waals surface area contributed by atoms with Gasteiger partial charge in [0.15, 0.2) is 5.92 Å². The average Bonchev–Trinajstić information content (AvgIpc) is 2.43. The zero-order valence-electron chi connectivity index (χ0n) is 11.4. The van der Waals surface area contributed by atoms with Crippen LogP contribution in [-0.4, -0.2) is 28.6 Å². The summed E-state index contributed by atoms with van der Waals surface area (Å²) in [6.45, 7) is 1.72. The van der Waals surface area contributed by atoms with Crippen molar-refractivity contribution in [3.05, 3.63) is 46.0 Å². The highest BCUT2D eigenvalue weighted by Crippen LogP contribution is 2.14. The predicted molar refractivity (Wildman–Crippen MR) is 74.5 cm³/mol. The van der Waals surface area contributed by atoms with E-state index in [1.165, 1.54) is 30.3 Å². The summed E-state index contributed by atoms with van der Waals surface area (Å²) in [6.07, 6.45) is 3.11. The van der Waals surface area contributed by atoms with Crippen LogP contribution in [0, 0.1) is 16.0 Å². The lowest BCUT2D eigenvalue weighted by atomic mass is 10.0. The standard InChI is InChI=1S/C14H15NO6/c1-2-21-14(18)12(13(16)17)5-3-4-10-6-8-11(9-7-10)15(19)20/h3-4,6-9,12H,2,5H2,1H3,(H,16,17)/b4-3+. The van der Waals surface area contributed by atoms with E-state index in [4.69, 9.17) is 5.11 Å². The Labute approximate surface area is 121 Å². The van der Waals surface area contributed by atoms with Crippen LogP contribution in [0.5, 0.6) is 0 Å². The minimum Gasteiger partial charge on any atom is -0.481 e. The number of benzene rings is 1. The number of allylic oxidation sites excluding steroid dienone is 1. The second kappa shape index (κ2) is 7.78. The van der Waals surface area contributed by atoms with Crippen LogP contribution < -0.4 is 0 Å². The zero-order chi connectivity index (χ0) is 15.8. The fourth-order valence-corrected chi connectivity index (χ4v) is 1.59. The number of carbonyl (C=O) groups is 2. The number of rotatable bonds is 7. The van der Waals surface area contributed by atoms with Crippen molar-refractivity contribution in [2.45, 2.75) is 13.3 Å². The van der Waals surface area contributed by atoms with Crippen LogP contribution in [0.3, 0.4) is 0 Å². The Bertz CT molecular complexity index is 549. The number of nitrogens with zero attached hydrogens (tertiary/aromatic N) is 1. The highest BCUT2D eigenvalue weighted by molar-refractivity contribution is 5.94. The van der Waals surface area contributed by atoms with Crippen LogP contribution in [0.1, 0.15) is 18.9 Å². The molecule has 1 N–H and O–H groups in total. The number of hydrogen-bond donors (Lipinski definition) is 1. The lowest BCUT2D eigenvalue weighted by molar-refractivity contribution is -0.384. The van der Waals surface area contributed by atoms with E-state index >= 15 is 0 Å². The van der Waals surface area contributed by atoms with Crippen LogP contribution in [0.15, 0.2) is 30.3 Å². The number of aliphatic carboxylic acids is 1. The van der Waals surface area contributed by atoms with Crippen molar-refractivity contribution in [2.75, 3.05) is 6.61 Å². The molecule has 112 valence electrons. The van der Waals surface area contributed by atoms with Crippen molar-refractivity contribution in [2.24, 2.45) is 5.92 Å². The van der Waals surface area contributed by atoms with E-state index in [1.54, 1.807) is 13.0 Å². The molecule has 0 bridgehead atoms. The Morgan fingerprint density at radius 1 is 1.38 bits per heavy atom. The minimum absolute atomic E-state index is 0.00878. The van der Waals surface area contributed by atoms with Gasteiger partial charge in [0.2, 0.25) is 0 Å². The second-order valence-electron chi connectivity index (χ2n) is 4.13. The molecule has 1 aromatic carbocycles. The number of hydrogen-bond acceptors (Lipinski definition) is 5. The number of esters is 1. The summed E-state index contributed by atoms with van der Waals surface area (Å²) in [5.41, 5.74) is 0.649. The monoisotopic (exact) mass is 293 g/mol. The molecule has 0 amide bonds. The molecule has 0 fully saturated rings. The first-order chi connectivity index (χ1) is 9.95. The van der Waals surface area contributed by atoms with Crippen molar-refractivity contribution >= 4 is 23.7 Å². The van der Waals surface area contributed by atoms with Gasteiger partial charge in [0.05, 0.1) is 11.5 Å². The lowest BCUT2D eigenvalue weighted by Crippen LogP contribution is -2.25. The molecule has 1 aromatic rings. The molecule has 7 nitrogen and oxygen atoms in total. The van der Waals surface area contributed by atoms with E-state index in [1.807, 2.05) is 0 Å². The van der Waals surface area contributed by atoms with Gasteiger partial charge in [0.25, 0.3) is 5.69 Å². The van der Waals surface area contributed by atoms with Crippen molar-refractivity contribution in [1.29, 1.82) is 0 Å². The summed E-state index contributed by atoms with van der Waals surface area (Å²) in [5, 5.41) is 19.5. The Morgan fingerprint density at radius 2 is 2.00 bits per heavy atom. The van der Waals surface area contributed by atoms with Gasteiger partial charge in [-0.15, -0.1) is 0 Å². The van der Waals surface area contributed by atoms with Crippen molar-refractivity contribution in [3.8, 4) is 0 Å². The molecule has 7 heteroatoms. The van der Waals surface area contributed by atoms with Crippen LogP contribution in [-0.2, 0) is 14.3 Å². The number of nitro groups is 1. The van der Waals surface area contributed by atoms with Gasteiger partial charge in [-0.1, -0.05) is 12.2 Å². The maximum atomic E-state index is 11.4. The van der Waals surface area contributed by atoms with Crippen LogP contribution in [0.4, 0.5) is 5.69 Å². The summed E-state index contributed by atoms with van der Waals surface area (Å²) < 4.78 is 4.68. The Hall–Kier alpha value is -2.70. The Morgan fingerprint density at radius 3 is 2.48 bits per heavy atom. The third-order valence-electron chi connectivity index (χ3n) is 2.66. The molecule has 0 spiro atoms. The molecule has 1 atom stereocenters. The smallest absolute Gasteiger partial charge is 0.320 e. The fraction of sp³-hybridized carbons (Fsp3) is 0.286. The SMILES string of the molecule is CCOC(=O)C(C/C=C/c1ccc([N+](=O)[O-])cc1)C(=O)O. The van der Waals surface area contributed by atoms with Gasteiger partial charge in [-0.3, -0.25) is 19.7 Å². The Kier molecular flexibility index (Phi) is 6.06. The molecule has 1 rings (SSSR count). The van der Waals surface area contributed by atoms with E-state index in [2.05, 4.69) is 4.74 Å². The molecule has 0 aliphatic heterocycles. The number of nitro benzene ring substituents is 1. The number of carboxylic acids is 1. The summed E-state index contributed by atoms with van der Waals surface area (Å²) in [7, 11) is 0. The Balaban J connectivity index is 2.68. The maximum Gasteiger partial charge on any atom is 0.320 e. The third kappa shape index (κ3) is 5.06. The third-order valence-corrected chi connectivity index (χ3v) is 2.66. The first kappa shape index (κ1) is 16.4. The molecule has 0 aliphatic rings. The molecule has 0 heterocycles. The van der Waals surface area contributed by atoms with E-state index in [0.29, 0.717) is 5.56 Å². The molecule has 0 saturated carbocycles. The molecule has 0 saturated heterocycles. The van der Waals surface area contributed by atoms with Crippen molar-refractivity contribution < 1.29 is 24.4 Å². The number of carboxylic acid groups (broad SMARTS) is 1. The first-order valence-corrected chi connectivity index (χ1v) is 6.26. The molecule has 21 heavy (non-hydrogen) atoms. The predicted octanol–water partition coefficient (Wildman–Crippen LogP) is 2.26. The summed E-state index contributed by atoms with van der Waals surface area (Å²) in [6, 6.07) is 5.77. The van der Waals surface area contributed by atoms with E-state index in [0.717, 1.165) is 0 Å². The van der Waals surface area contributed by atoms with Crippen LogP contribution >= 0.6 is 0 Å². The average molecular weight is 293 g/mol. The van der Waals surface area contributed by atoms with Gasteiger partial charge in [0.1, 0.15) is 0 Å². The first-order valence-electron chi connectivity index (χ1n) is 6.26. The van der Waals surface area contributed by atoms with E-state index in [-0.39, 0.29) is 18.7 Å². The topological polar surface area (TPSA) is 107 Å². The minimum atomic E-state index is -1.25. The number of non-ortho nitro benzene ring substituents is 1. The van der Waals surface area contributed by atoms with Crippen molar-refractivity contribution in [3.63, 3.8) is 0 Å². The maximum absolute atomic E-state index is 11.4. The van der Waals surface area contributed by atoms with E-state index in [9.17, 15) is 19.7 Å². The quantitative estimate of drug-likeness (QED) is 0.357. The van der Waals surface area contributed by atoms with Crippen LogP contribution in [0.2, 0.25) is 0 Å². The van der Waals surface area contributed by atoms with Crippen LogP contribution in [0.25, 0.3) is 6.08 Å². The molecule has 0 radical (unpaired) electrons. The van der Waals surface area contributed by atoms with Gasteiger partial charge in [-0.2, -0.15) is 0 Å². The summed E-state index contributed by atoms with van der Waals surface area (Å²) in [4.78, 5) is 32.4. The molecule has 1 unspecified atom stereocenters. The number of ether oxygens (including phenoxy) is 1.